The summed E-state index contributed by atoms with van der Waals surface area (Å²) in [7, 11) is 2.25. The molecule has 146 valence electrons. The molecule has 1 aromatic rings. The third kappa shape index (κ3) is 3.97. The van der Waals surface area contributed by atoms with Crippen LogP contribution in [-0.2, 0) is 0 Å². The van der Waals surface area contributed by atoms with E-state index in [1.807, 2.05) is 6.07 Å². The van der Waals surface area contributed by atoms with Crippen molar-refractivity contribution in [1.29, 1.82) is 0 Å². The van der Waals surface area contributed by atoms with Gasteiger partial charge >= 0.3 is 0 Å². The molecule has 0 radical (unpaired) electrons. The van der Waals surface area contributed by atoms with Gasteiger partial charge in [-0.1, -0.05) is 6.08 Å². The van der Waals surface area contributed by atoms with Crippen molar-refractivity contribution in [3.8, 4) is 5.75 Å². The Hall–Kier alpha value is -1.66. The van der Waals surface area contributed by atoms with Crippen molar-refractivity contribution in [3.05, 3.63) is 29.7 Å². The van der Waals surface area contributed by atoms with Gasteiger partial charge in [0.05, 0.1) is 22.7 Å². The minimum Gasteiger partial charge on any atom is -0.489 e. The Morgan fingerprint density at radius 1 is 1.41 bits per heavy atom. The maximum Gasteiger partial charge on any atom is 0.144 e. The largest absolute Gasteiger partial charge is 0.489 e. The van der Waals surface area contributed by atoms with Gasteiger partial charge in [0.25, 0.3) is 0 Å². The molecule has 0 aliphatic carbocycles. The lowest BCUT2D eigenvalue weighted by Crippen LogP contribution is -2.37. The Balaban J connectivity index is 1.46. The summed E-state index contributed by atoms with van der Waals surface area (Å²) in [5, 5.41) is 2.11. The van der Waals surface area contributed by atoms with Gasteiger partial charge in [-0.25, -0.2) is 4.99 Å². The number of fused-ring (bicyclic) bond motifs is 1. The number of benzene rings is 1. The zero-order chi connectivity index (χ0) is 18.9. The second-order valence-corrected chi connectivity index (χ2v) is 9.38. The van der Waals surface area contributed by atoms with E-state index in [-0.39, 0.29) is 4.75 Å². The van der Waals surface area contributed by atoms with Crippen LogP contribution >= 0.6 is 11.8 Å². The van der Waals surface area contributed by atoms with Crippen LogP contribution in [0.2, 0.25) is 0 Å². The molecule has 1 fully saturated rings. The molecule has 2 N–H and O–H groups in total. The standard InChI is InChI=1S/C21H30N4OS/c1-21(9-4-14-27-21)20(22)23-16-6-7-18-19(15-16)26-13-12-25(18)11-8-17-5-3-10-24(17)2/h4,6-7,14-15,17H,3,5,8-13H2,1-2H3,(H2,22,23). The molecular formula is C21H30N4OS. The highest BCUT2D eigenvalue weighted by atomic mass is 32.2. The van der Waals surface area contributed by atoms with Crippen LogP contribution in [0.25, 0.3) is 0 Å². The van der Waals surface area contributed by atoms with E-state index in [4.69, 9.17) is 15.5 Å². The number of likely N-dealkylation sites (tertiary alicyclic amines) is 1. The first-order valence-electron chi connectivity index (χ1n) is 9.95. The summed E-state index contributed by atoms with van der Waals surface area (Å²) in [6.45, 7) is 6.14. The van der Waals surface area contributed by atoms with E-state index >= 15 is 0 Å². The SMILES string of the molecule is CN1CCCC1CCN1CCOc2cc(N=C(N)C3(C)CC=CS3)ccc21. The van der Waals surface area contributed by atoms with Crippen molar-refractivity contribution in [2.24, 2.45) is 10.7 Å². The molecule has 0 saturated carbocycles. The number of nitrogens with zero attached hydrogens (tertiary/aromatic N) is 3. The van der Waals surface area contributed by atoms with Crippen molar-refractivity contribution in [2.75, 3.05) is 38.2 Å². The Morgan fingerprint density at radius 2 is 2.30 bits per heavy atom. The van der Waals surface area contributed by atoms with Crippen molar-refractivity contribution >= 4 is 29.0 Å². The van der Waals surface area contributed by atoms with Gasteiger partial charge in [0.2, 0.25) is 0 Å². The predicted molar refractivity (Wildman–Crippen MR) is 115 cm³/mol. The molecule has 0 spiro atoms. The number of rotatable bonds is 5. The predicted octanol–water partition coefficient (Wildman–Crippen LogP) is 3.77. The second kappa shape index (κ2) is 7.76. The van der Waals surface area contributed by atoms with Crippen LogP contribution in [0.3, 0.4) is 0 Å². The van der Waals surface area contributed by atoms with Crippen LogP contribution in [0, 0.1) is 0 Å². The maximum absolute atomic E-state index is 6.31. The van der Waals surface area contributed by atoms with E-state index < -0.39 is 0 Å². The number of thioether (sulfide) groups is 1. The normalized spacial score (nSPS) is 28.4. The number of amidine groups is 1. The average molecular weight is 387 g/mol. The van der Waals surface area contributed by atoms with Crippen LogP contribution in [0.15, 0.2) is 34.7 Å². The molecular weight excluding hydrogens is 356 g/mol. The maximum atomic E-state index is 6.31. The fourth-order valence-electron chi connectivity index (χ4n) is 4.16. The smallest absolute Gasteiger partial charge is 0.144 e. The summed E-state index contributed by atoms with van der Waals surface area (Å²) in [5.74, 6) is 1.60. The molecule has 3 aliphatic heterocycles. The van der Waals surface area contributed by atoms with E-state index in [9.17, 15) is 0 Å². The third-order valence-corrected chi connectivity index (χ3v) is 7.25. The Kier molecular flexibility index (Phi) is 5.37. The van der Waals surface area contributed by atoms with Crippen LogP contribution in [-0.4, -0.2) is 54.8 Å². The first-order chi connectivity index (χ1) is 13.0. The highest BCUT2D eigenvalue weighted by Gasteiger charge is 2.31. The molecule has 27 heavy (non-hydrogen) atoms. The molecule has 1 saturated heterocycles. The summed E-state index contributed by atoms with van der Waals surface area (Å²) in [5.41, 5.74) is 8.37. The molecule has 3 heterocycles. The molecule has 6 heteroatoms. The van der Waals surface area contributed by atoms with Crippen molar-refractivity contribution in [3.63, 3.8) is 0 Å². The summed E-state index contributed by atoms with van der Waals surface area (Å²) in [6.07, 6.45) is 6.95. The molecule has 3 aliphatic rings. The van der Waals surface area contributed by atoms with Crippen LogP contribution < -0.4 is 15.4 Å². The minimum absolute atomic E-state index is 0.129. The van der Waals surface area contributed by atoms with E-state index in [2.05, 4.69) is 47.4 Å². The monoisotopic (exact) mass is 386 g/mol. The fraction of sp³-hybridized carbons (Fsp3) is 0.571. The number of hydrogen-bond acceptors (Lipinski definition) is 5. The van der Waals surface area contributed by atoms with Gasteiger partial charge < -0.3 is 20.3 Å². The highest BCUT2D eigenvalue weighted by Crippen LogP contribution is 2.39. The lowest BCUT2D eigenvalue weighted by molar-refractivity contribution is 0.284. The molecule has 2 unspecified atom stereocenters. The third-order valence-electron chi connectivity index (χ3n) is 6.03. The van der Waals surface area contributed by atoms with Gasteiger partial charge in [0.15, 0.2) is 0 Å². The molecule has 0 amide bonds. The number of ether oxygens (including phenoxy) is 1. The van der Waals surface area contributed by atoms with Gasteiger partial charge in [-0.3, -0.25) is 0 Å². The first kappa shape index (κ1) is 18.7. The zero-order valence-electron chi connectivity index (χ0n) is 16.4. The van der Waals surface area contributed by atoms with E-state index in [0.717, 1.165) is 43.6 Å². The number of nitrogens with two attached hydrogens (primary N) is 1. The van der Waals surface area contributed by atoms with Crippen molar-refractivity contribution in [1.82, 2.24) is 4.90 Å². The Bertz CT molecular complexity index is 740. The summed E-state index contributed by atoms with van der Waals surface area (Å²) >= 11 is 1.74. The van der Waals surface area contributed by atoms with Gasteiger partial charge in [-0.2, -0.15) is 0 Å². The second-order valence-electron chi connectivity index (χ2n) is 7.97. The molecule has 2 atom stereocenters. The van der Waals surface area contributed by atoms with Gasteiger partial charge in [0, 0.05) is 18.7 Å². The number of anilines is 1. The zero-order valence-corrected chi connectivity index (χ0v) is 17.2. The van der Waals surface area contributed by atoms with Gasteiger partial charge in [0.1, 0.15) is 18.2 Å². The van der Waals surface area contributed by atoms with Gasteiger partial charge in [-0.05, 0) is 63.7 Å². The fourth-order valence-corrected chi connectivity index (χ4v) is 5.01. The quantitative estimate of drug-likeness (QED) is 0.617. The minimum atomic E-state index is -0.129. The summed E-state index contributed by atoms with van der Waals surface area (Å²) < 4.78 is 5.81. The van der Waals surface area contributed by atoms with Crippen LogP contribution in [0.4, 0.5) is 11.4 Å². The van der Waals surface area contributed by atoms with E-state index in [1.54, 1.807) is 11.8 Å². The van der Waals surface area contributed by atoms with Crippen molar-refractivity contribution < 1.29 is 4.74 Å². The first-order valence-corrected chi connectivity index (χ1v) is 10.8. The number of allylic oxidation sites excluding steroid dienone is 1. The highest BCUT2D eigenvalue weighted by molar-refractivity contribution is 8.04. The lowest BCUT2D eigenvalue weighted by atomic mass is 10.1. The van der Waals surface area contributed by atoms with E-state index in [1.165, 1.54) is 31.5 Å². The molecule has 5 nitrogen and oxygen atoms in total. The molecule has 0 aromatic heterocycles. The van der Waals surface area contributed by atoms with E-state index in [0.29, 0.717) is 5.84 Å². The Morgan fingerprint density at radius 3 is 3.04 bits per heavy atom. The van der Waals surface area contributed by atoms with Gasteiger partial charge in [-0.15, -0.1) is 11.8 Å². The van der Waals surface area contributed by atoms with Crippen LogP contribution in [0.1, 0.15) is 32.6 Å². The summed E-state index contributed by atoms with van der Waals surface area (Å²) in [4.78, 5) is 9.65. The van der Waals surface area contributed by atoms with Crippen LogP contribution in [0.5, 0.6) is 5.75 Å². The number of aliphatic imine (C=N–C) groups is 1. The number of hydrogen-bond donors (Lipinski definition) is 1. The Labute approximate surface area is 166 Å². The topological polar surface area (TPSA) is 54.1 Å². The molecule has 0 bridgehead atoms. The van der Waals surface area contributed by atoms with Crippen molar-refractivity contribution in [2.45, 2.75) is 43.4 Å². The molecule has 4 rings (SSSR count). The summed E-state index contributed by atoms with van der Waals surface area (Å²) in [6, 6.07) is 6.96. The molecule has 1 aromatic carbocycles. The average Bonchev–Trinajstić information content (AvgIpc) is 3.29. The lowest BCUT2D eigenvalue weighted by Gasteiger charge is -2.33.